The largest absolute Gasteiger partial charge is 0.481 e. The van der Waals surface area contributed by atoms with Gasteiger partial charge >= 0.3 is 11.9 Å². The maximum Gasteiger partial charge on any atom is 0.374 e. The lowest BCUT2D eigenvalue weighted by atomic mass is 10.0. The molecule has 12 heteroatoms. The lowest BCUT2D eigenvalue weighted by Crippen LogP contribution is -2.56. The summed E-state index contributed by atoms with van der Waals surface area (Å²) in [6.45, 7) is 6.96. The Morgan fingerprint density at radius 1 is 0.806 bits per heavy atom. The van der Waals surface area contributed by atoms with Gasteiger partial charge < -0.3 is 26.2 Å². The number of ketones is 1. The van der Waals surface area contributed by atoms with Gasteiger partial charge in [-0.25, -0.2) is 13.6 Å². The van der Waals surface area contributed by atoms with Gasteiger partial charge in [-0.2, -0.15) is 0 Å². The first-order valence-corrected chi connectivity index (χ1v) is 9.88. The minimum Gasteiger partial charge on any atom is -0.481 e. The molecule has 0 fully saturated rings. The van der Waals surface area contributed by atoms with Crippen LogP contribution < -0.4 is 16.0 Å². The molecule has 0 rings (SSSR count). The zero-order valence-corrected chi connectivity index (χ0v) is 18.0. The molecule has 10 nitrogen and oxygen atoms in total. The Balaban J connectivity index is 5.49. The Bertz CT molecular complexity index is 656. The highest BCUT2D eigenvalue weighted by molar-refractivity contribution is 6.35. The number of rotatable bonds is 15. The Morgan fingerprint density at radius 2 is 1.32 bits per heavy atom. The van der Waals surface area contributed by atoms with Crippen LogP contribution in [-0.4, -0.2) is 70.3 Å². The summed E-state index contributed by atoms with van der Waals surface area (Å²) in [5.41, 5.74) is 0. The average molecular weight is 451 g/mol. The van der Waals surface area contributed by atoms with E-state index in [1.54, 1.807) is 27.7 Å². The summed E-state index contributed by atoms with van der Waals surface area (Å²) in [4.78, 5) is 58.7. The third kappa shape index (κ3) is 12.0. The highest BCUT2D eigenvalue weighted by Gasteiger charge is 2.33. The van der Waals surface area contributed by atoms with Gasteiger partial charge in [0.25, 0.3) is 5.78 Å². The van der Waals surface area contributed by atoms with E-state index in [1.807, 2.05) is 5.32 Å². The number of Topliss-reactive ketones (excluding diaryl/α,β-unsaturated/α-hetero) is 1. The molecule has 5 N–H and O–H groups in total. The highest BCUT2D eigenvalue weighted by atomic mass is 19.3. The molecule has 0 aromatic heterocycles. The number of carboxylic acid groups (broad SMARTS) is 2. The number of halogens is 2. The van der Waals surface area contributed by atoms with Crippen LogP contribution in [0.3, 0.4) is 0 Å². The normalized spacial score (nSPS) is 14.2. The highest BCUT2D eigenvalue weighted by Crippen LogP contribution is 2.10. The Kier molecular flexibility index (Phi) is 12.5. The zero-order valence-electron chi connectivity index (χ0n) is 18.0. The van der Waals surface area contributed by atoms with Crippen molar-refractivity contribution >= 4 is 29.5 Å². The summed E-state index contributed by atoms with van der Waals surface area (Å²) in [6, 6.07) is -4.30. The van der Waals surface area contributed by atoms with Crippen LogP contribution >= 0.6 is 0 Å². The monoisotopic (exact) mass is 451 g/mol. The van der Waals surface area contributed by atoms with E-state index >= 15 is 0 Å². The van der Waals surface area contributed by atoms with Gasteiger partial charge in [-0.3, -0.25) is 19.2 Å². The molecule has 0 radical (unpaired) electrons. The molecule has 0 saturated heterocycles. The van der Waals surface area contributed by atoms with Gasteiger partial charge in [-0.1, -0.05) is 27.7 Å². The lowest BCUT2D eigenvalue weighted by Gasteiger charge is -2.26. The molecule has 178 valence electrons. The third-order valence-corrected chi connectivity index (χ3v) is 4.10. The molecule has 0 aliphatic rings. The maximum absolute atomic E-state index is 12.7. The number of aliphatic carboxylic acids is 2. The van der Waals surface area contributed by atoms with Crippen molar-refractivity contribution in [2.45, 2.75) is 84.0 Å². The van der Waals surface area contributed by atoms with Crippen molar-refractivity contribution in [3.63, 3.8) is 0 Å². The standard InChI is InChI=1S/C19H31F2N3O7/c1-9(2)7-13(18(29)23-12(8-14(20)21)16(27)19(30)31)24-17(28)11(22-10(3)4)5-6-15(25)26/h9-14,22H,5-8H2,1-4H3,(H,23,29)(H,24,28)(H,25,26)(H,30,31)/t11-,12?,13-/m0/s1. The summed E-state index contributed by atoms with van der Waals surface area (Å²) in [6.07, 6.45) is -4.51. The van der Waals surface area contributed by atoms with E-state index < -0.39 is 60.5 Å². The number of carboxylic acids is 2. The zero-order chi connectivity index (χ0) is 24.3. The van der Waals surface area contributed by atoms with Crippen molar-refractivity contribution in [3.05, 3.63) is 0 Å². The van der Waals surface area contributed by atoms with Gasteiger partial charge in [-0.05, 0) is 18.8 Å². The van der Waals surface area contributed by atoms with E-state index in [9.17, 15) is 32.8 Å². The molecule has 2 amide bonds. The number of alkyl halides is 2. The van der Waals surface area contributed by atoms with Crippen LogP contribution in [0.4, 0.5) is 8.78 Å². The van der Waals surface area contributed by atoms with Crippen LogP contribution in [0.15, 0.2) is 0 Å². The molecule has 0 aromatic carbocycles. The summed E-state index contributed by atoms with van der Waals surface area (Å²) >= 11 is 0. The van der Waals surface area contributed by atoms with Crippen LogP contribution in [0.25, 0.3) is 0 Å². The third-order valence-electron chi connectivity index (χ3n) is 4.10. The summed E-state index contributed by atoms with van der Waals surface area (Å²) in [5.74, 6) is -6.46. The molecule has 0 aliphatic carbocycles. The second kappa shape index (κ2) is 13.6. The number of carbonyl (C=O) groups excluding carboxylic acids is 3. The van der Waals surface area contributed by atoms with Gasteiger partial charge in [0.1, 0.15) is 12.1 Å². The van der Waals surface area contributed by atoms with E-state index in [4.69, 9.17) is 10.2 Å². The fourth-order valence-corrected chi connectivity index (χ4v) is 2.77. The first-order chi connectivity index (χ1) is 14.2. The summed E-state index contributed by atoms with van der Waals surface area (Å²) in [7, 11) is 0. The molecule has 3 atom stereocenters. The molecule has 0 saturated carbocycles. The van der Waals surface area contributed by atoms with Crippen LogP contribution in [0.1, 0.15) is 53.4 Å². The quantitative estimate of drug-likeness (QED) is 0.225. The Hall–Kier alpha value is -2.63. The number of hydrogen-bond donors (Lipinski definition) is 5. The smallest absolute Gasteiger partial charge is 0.374 e. The molecule has 0 aromatic rings. The molecule has 31 heavy (non-hydrogen) atoms. The number of amides is 2. The van der Waals surface area contributed by atoms with Crippen LogP contribution in [-0.2, 0) is 24.0 Å². The minimum atomic E-state index is -3.04. The predicted octanol–water partition coefficient (Wildman–Crippen LogP) is 0.542. The molecule has 0 heterocycles. The lowest BCUT2D eigenvalue weighted by molar-refractivity contribution is -0.151. The fourth-order valence-electron chi connectivity index (χ4n) is 2.77. The van der Waals surface area contributed by atoms with Crippen LogP contribution in [0.5, 0.6) is 0 Å². The van der Waals surface area contributed by atoms with Gasteiger partial charge in [0, 0.05) is 18.9 Å². The van der Waals surface area contributed by atoms with Gasteiger partial charge in [0.15, 0.2) is 0 Å². The van der Waals surface area contributed by atoms with Gasteiger partial charge in [-0.15, -0.1) is 0 Å². The number of nitrogens with one attached hydrogen (secondary N) is 3. The van der Waals surface area contributed by atoms with Crippen molar-refractivity contribution in [1.29, 1.82) is 0 Å². The van der Waals surface area contributed by atoms with E-state index in [1.165, 1.54) is 0 Å². The van der Waals surface area contributed by atoms with E-state index in [0.29, 0.717) is 0 Å². The molecular weight excluding hydrogens is 420 g/mol. The average Bonchev–Trinajstić information content (AvgIpc) is 2.61. The van der Waals surface area contributed by atoms with Crippen LogP contribution in [0, 0.1) is 5.92 Å². The molecule has 1 unspecified atom stereocenters. The molecule has 0 bridgehead atoms. The predicted molar refractivity (Wildman–Crippen MR) is 106 cm³/mol. The van der Waals surface area contributed by atoms with E-state index in [2.05, 4.69) is 10.6 Å². The number of hydrogen-bond acceptors (Lipinski definition) is 6. The first kappa shape index (κ1) is 28.4. The fraction of sp³-hybridized carbons (Fsp3) is 0.737. The topological polar surface area (TPSA) is 162 Å². The van der Waals surface area contributed by atoms with Gasteiger partial charge in [0.2, 0.25) is 18.2 Å². The van der Waals surface area contributed by atoms with Gasteiger partial charge in [0.05, 0.1) is 6.04 Å². The summed E-state index contributed by atoms with van der Waals surface area (Å²) in [5, 5.41) is 25.0. The van der Waals surface area contributed by atoms with Crippen molar-refractivity contribution in [1.82, 2.24) is 16.0 Å². The van der Waals surface area contributed by atoms with Crippen molar-refractivity contribution in [3.8, 4) is 0 Å². The minimum absolute atomic E-state index is 0.0547. The van der Waals surface area contributed by atoms with Crippen molar-refractivity contribution < 1.29 is 43.0 Å². The second-order valence-corrected chi connectivity index (χ2v) is 7.85. The molecular formula is C19H31F2N3O7. The van der Waals surface area contributed by atoms with Crippen molar-refractivity contribution in [2.75, 3.05) is 0 Å². The summed E-state index contributed by atoms with van der Waals surface area (Å²) < 4.78 is 25.5. The molecule has 0 aliphatic heterocycles. The Labute approximate surface area is 179 Å². The van der Waals surface area contributed by atoms with Crippen LogP contribution in [0.2, 0.25) is 0 Å². The number of carbonyl (C=O) groups is 5. The second-order valence-electron chi connectivity index (χ2n) is 7.85. The SMILES string of the molecule is CC(C)C[C@H](NC(=O)[C@H](CCC(=O)O)NC(C)C)C(=O)NC(CC(F)F)C(=O)C(=O)O. The van der Waals surface area contributed by atoms with E-state index in [-0.39, 0.29) is 31.2 Å². The van der Waals surface area contributed by atoms with Crippen molar-refractivity contribution in [2.24, 2.45) is 5.92 Å². The van der Waals surface area contributed by atoms with E-state index in [0.717, 1.165) is 0 Å². The Morgan fingerprint density at radius 3 is 1.74 bits per heavy atom. The molecule has 0 spiro atoms. The first-order valence-electron chi connectivity index (χ1n) is 9.88. The maximum atomic E-state index is 12.7.